The molecule has 9 nitrogen and oxygen atoms in total. The first-order chi connectivity index (χ1) is 12.0. The molecule has 2 rings (SSSR count). The van der Waals surface area contributed by atoms with Crippen molar-refractivity contribution >= 4 is 17.7 Å². The van der Waals surface area contributed by atoms with Crippen molar-refractivity contribution in [3.63, 3.8) is 0 Å². The van der Waals surface area contributed by atoms with Crippen LogP contribution in [0.15, 0.2) is 16.5 Å². The molecule has 0 spiro atoms. The van der Waals surface area contributed by atoms with E-state index in [2.05, 4.69) is 24.1 Å². The number of rotatable bonds is 9. The Labute approximate surface area is 146 Å². The molecule has 138 valence electrons. The first-order valence-electron chi connectivity index (χ1n) is 8.49. The Morgan fingerprint density at radius 3 is 2.60 bits per heavy atom. The Morgan fingerprint density at radius 2 is 2.04 bits per heavy atom. The zero-order valence-corrected chi connectivity index (χ0v) is 14.6. The van der Waals surface area contributed by atoms with Crippen LogP contribution in [0.4, 0.5) is 5.88 Å². The van der Waals surface area contributed by atoms with Gasteiger partial charge in [-0.15, -0.1) is 0 Å². The third-order valence-corrected chi connectivity index (χ3v) is 4.37. The van der Waals surface area contributed by atoms with Crippen molar-refractivity contribution < 1.29 is 18.9 Å². The minimum Gasteiger partial charge on any atom is -0.395 e. The molecule has 25 heavy (non-hydrogen) atoms. The van der Waals surface area contributed by atoms with E-state index < -0.39 is 16.7 Å². The minimum absolute atomic E-state index is 0.0611. The molecule has 1 aromatic heterocycles. The fraction of sp³-hybridized carbons (Fsp3) is 0.625. The first-order valence-corrected chi connectivity index (χ1v) is 8.49. The SMILES string of the molecule is CCN(CC)CCCNC(=O)C1CN(C(=O)c2ccc([N+](=O)[O-])o2)C1. The summed E-state index contributed by atoms with van der Waals surface area (Å²) in [5.74, 6) is -1.27. The van der Waals surface area contributed by atoms with Crippen molar-refractivity contribution in [1.82, 2.24) is 15.1 Å². The molecule has 1 saturated heterocycles. The fourth-order valence-corrected chi connectivity index (χ4v) is 2.71. The molecule has 2 heterocycles. The summed E-state index contributed by atoms with van der Waals surface area (Å²) in [5.41, 5.74) is 0. The zero-order chi connectivity index (χ0) is 18.4. The molecule has 1 aromatic rings. The van der Waals surface area contributed by atoms with Crippen LogP contribution >= 0.6 is 0 Å². The van der Waals surface area contributed by atoms with Gasteiger partial charge in [0.2, 0.25) is 5.91 Å². The molecule has 2 amide bonds. The molecule has 1 aliphatic heterocycles. The summed E-state index contributed by atoms with van der Waals surface area (Å²) in [6, 6.07) is 2.42. The number of hydrogen-bond donors (Lipinski definition) is 1. The predicted molar refractivity (Wildman–Crippen MR) is 90.2 cm³/mol. The third-order valence-electron chi connectivity index (χ3n) is 4.37. The van der Waals surface area contributed by atoms with E-state index in [9.17, 15) is 19.7 Å². The van der Waals surface area contributed by atoms with Gasteiger partial charge >= 0.3 is 5.88 Å². The Hall–Kier alpha value is -2.42. The van der Waals surface area contributed by atoms with Gasteiger partial charge in [-0.3, -0.25) is 19.7 Å². The summed E-state index contributed by atoms with van der Waals surface area (Å²) >= 11 is 0. The van der Waals surface area contributed by atoms with Crippen molar-refractivity contribution in [2.24, 2.45) is 5.92 Å². The lowest BCUT2D eigenvalue weighted by atomic mass is 9.98. The molecule has 1 fully saturated rings. The summed E-state index contributed by atoms with van der Waals surface area (Å²) in [6.07, 6.45) is 0.888. The molecule has 0 bridgehead atoms. The fourth-order valence-electron chi connectivity index (χ4n) is 2.71. The largest absolute Gasteiger partial charge is 0.433 e. The second-order valence-electron chi connectivity index (χ2n) is 5.97. The van der Waals surface area contributed by atoms with E-state index in [4.69, 9.17) is 4.42 Å². The molecule has 0 atom stereocenters. The summed E-state index contributed by atoms with van der Waals surface area (Å²) in [6.45, 7) is 8.37. The van der Waals surface area contributed by atoms with Crippen LogP contribution in [0.2, 0.25) is 0 Å². The number of nitro groups is 1. The van der Waals surface area contributed by atoms with Gasteiger partial charge in [0.15, 0.2) is 5.76 Å². The average molecular weight is 352 g/mol. The van der Waals surface area contributed by atoms with E-state index in [1.165, 1.54) is 11.0 Å². The molecule has 0 saturated carbocycles. The highest BCUT2D eigenvalue weighted by molar-refractivity contribution is 5.94. The second-order valence-corrected chi connectivity index (χ2v) is 5.97. The average Bonchev–Trinajstić information content (AvgIpc) is 3.04. The van der Waals surface area contributed by atoms with Crippen LogP contribution in [-0.4, -0.2) is 65.8 Å². The highest BCUT2D eigenvalue weighted by Gasteiger charge is 2.37. The third kappa shape index (κ3) is 4.79. The summed E-state index contributed by atoms with van der Waals surface area (Å²) in [5, 5.41) is 13.5. The molecule has 0 aromatic carbocycles. The number of carbonyl (C=O) groups excluding carboxylic acids is 2. The number of likely N-dealkylation sites (tertiary alicyclic amines) is 1. The highest BCUT2D eigenvalue weighted by Crippen LogP contribution is 2.22. The summed E-state index contributed by atoms with van der Waals surface area (Å²) in [7, 11) is 0. The number of nitrogens with zero attached hydrogens (tertiary/aromatic N) is 3. The molecule has 1 aliphatic rings. The van der Waals surface area contributed by atoms with Crippen molar-refractivity contribution in [2.45, 2.75) is 20.3 Å². The Bertz CT molecular complexity index is 620. The maximum atomic E-state index is 12.1. The van der Waals surface area contributed by atoms with E-state index in [0.717, 1.165) is 32.1 Å². The topological polar surface area (TPSA) is 109 Å². The Balaban J connectivity index is 1.69. The molecule has 1 N–H and O–H groups in total. The lowest BCUT2D eigenvalue weighted by Crippen LogP contribution is -2.55. The van der Waals surface area contributed by atoms with E-state index in [0.29, 0.717) is 19.6 Å². The summed E-state index contributed by atoms with van der Waals surface area (Å²) < 4.78 is 4.89. The van der Waals surface area contributed by atoms with Crippen LogP contribution < -0.4 is 5.32 Å². The van der Waals surface area contributed by atoms with Gasteiger partial charge in [-0.1, -0.05) is 13.8 Å². The smallest absolute Gasteiger partial charge is 0.395 e. The quantitative estimate of drug-likeness (QED) is 0.405. The molecular weight excluding hydrogens is 328 g/mol. The monoisotopic (exact) mass is 352 g/mol. The minimum atomic E-state index is -0.693. The molecular formula is C16H24N4O5. The number of amides is 2. The Morgan fingerprint density at radius 1 is 1.36 bits per heavy atom. The van der Waals surface area contributed by atoms with Gasteiger partial charge in [0.25, 0.3) is 5.91 Å². The normalized spacial score (nSPS) is 14.4. The van der Waals surface area contributed by atoms with Crippen molar-refractivity contribution in [3.05, 3.63) is 28.0 Å². The van der Waals surface area contributed by atoms with Gasteiger partial charge in [-0.2, -0.15) is 0 Å². The van der Waals surface area contributed by atoms with Crippen LogP contribution in [0.3, 0.4) is 0 Å². The number of carbonyl (C=O) groups is 2. The standard InChI is InChI=1S/C16H24N4O5/c1-3-18(4-2)9-5-8-17-15(21)12-10-19(11-12)16(22)13-6-7-14(25-13)20(23)24/h6-7,12H,3-5,8-11H2,1-2H3,(H,17,21). The van der Waals surface area contributed by atoms with Crippen LogP contribution in [-0.2, 0) is 4.79 Å². The highest BCUT2D eigenvalue weighted by atomic mass is 16.6. The van der Waals surface area contributed by atoms with Gasteiger partial charge in [-0.05, 0) is 32.1 Å². The molecule has 0 radical (unpaired) electrons. The lowest BCUT2D eigenvalue weighted by Gasteiger charge is -2.37. The van der Waals surface area contributed by atoms with Gasteiger partial charge in [0, 0.05) is 19.6 Å². The maximum Gasteiger partial charge on any atom is 0.433 e. The van der Waals surface area contributed by atoms with Crippen LogP contribution in [0.1, 0.15) is 30.8 Å². The zero-order valence-electron chi connectivity index (χ0n) is 14.6. The van der Waals surface area contributed by atoms with E-state index >= 15 is 0 Å². The maximum absolute atomic E-state index is 12.1. The lowest BCUT2D eigenvalue weighted by molar-refractivity contribution is -0.402. The van der Waals surface area contributed by atoms with E-state index in [-0.39, 0.29) is 17.6 Å². The second kappa shape index (κ2) is 8.61. The molecule has 0 unspecified atom stereocenters. The number of furan rings is 1. The van der Waals surface area contributed by atoms with Gasteiger partial charge in [-0.25, -0.2) is 0 Å². The summed E-state index contributed by atoms with van der Waals surface area (Å²) in [4.78, 5) is 37.7. The number of nitrogens with one attached hydrogen (secondary N) is 1. The van der Waals surface area contributed by atoms with Crippen LogP contribution in [0.5, 0.6) is 0 Å². The first kappa shape index (κ1) is 18.9. The number of hydrogen-bond acceptors (Lipinski definition) is 6. The Kier molecular flexibility index (Phi) is 6.51. The van der Waals surface area contributed by atoms with Crippen molar-refractivity contribution in [2.75, 3.05) is 39.3 Å². The van der Waals surface area contributed by atoms with Gasteiger partial charge in [0.1, 0.15) is 4.92 Å². The van der Waals surface area contributed by atoms with Crippen LogP contribution in [0, 0.1) is 16.0 Å². The van der Waals surface area contributed by atoms with Gasteiger partial charge < -0.3 is 19.5 Å². The molecule has 9 heteroatoms. The van der Waals surface area contributed by atoms with E-state index in [1.54, 1.807) is 0 Å². The van der Waals surface area contributed by atoms with Crippen molar-refractivity contribution in [3.8, 4) is 0 Å². The predicted octanol–water partition coefficient (Wildman–Crippen LogP) is 1.11. The van der Waals surface area contributed by atoms with Crippen LogP contribution in [0.25, 0.3) is 0 Å². The van der Waals surface area contributed by atoms with Crippen molar-refractivity contribution in [1.29, 1.82) is 0 Å². The van der Waals surface area contributed by atoms with E-state index in [1.807, 2.05) is 0 Å². The molecule has 0 aliphatic carbocycles. The van der Waals surface area contributed by atoms with Gasteiger partial charge in [0.05, 0.1) is 12.0 Å².